The molecule has 1 saturated carbocycles. The van der Waals surface area contributed by atoms with Gasteiger partial charge in [-0.1, -0.05) is 22.9 Å². The number of imidazole rings is 1. The molecule has 0 amide bonds. The van der Waals surface area contributed by atoms with Crippen molar-refractivity contribution in [1.82, 2.24) is 14.1 Å². The van der Waals surface area contributed by atoms with Crippen molar-refractivity contribution in [3.05, 3.63) is 39.4 Å². The molecule has 3 aromatic rings. The van der Waals surface area contributed by atoms with Gasteiger partial charge in [0.15, 0.2) is 0 Å². The van der Waals surface area contributed by atoms with Crippen LogP contribution in [0.2, 0.25) is 0 Å². The van der Waals surface area contributed by atoms with Crippen molar-refractivity contribution < 1.29 is 0 Å². The van der Waals surface area contributed by atoms with Gasteiger partial charge in [0.25, 0.3) is 0 Å². The number of aryl methyl sites for hydroxylation is 1. The van der Waals surface area contributed by atoms with Crippen LogP contribution in [-0.4, -0.2) is 14.1 Å². The van der Waals surface area contributed by atoms with E-state index in [2.05, 4.69) is 33.9 Å². The molecule has 0 N–H and O–H groups in total. The van der Waals surface area contributed by atoms with Crippen LogP contribution in [0.25, 0.3) is 21.9 Å². The molecule has 0 saturated heterocycles. The summed E-state index contributed by atoms with van der Waals surface area (Å²) >= 11 is 3.55. The van der Waals surface area contributed by atoms with Gasteiger partial charge in [0.05, 0.1) is 22.7 Å². The van der Waals surface area contributed by atoms with Crippen LogP contribution in [-0.2, 0) is 7.05 Å². The third-order valence-corrected chi connectivity index (χ3v) is 5.72. The van der Waals surface area contributed by atoms with Gasteiger partial charge in [-0.05, 0) is 49.8 Å². The molecule has 5 heteroatoms. The summed E-state index contributed by atoms with van der Waals surface area (Å²) in [6.45, 7) is 2.30. The first-order valence-electron chi connectivity index (χ1n) is 8.21. The van der Waals surface area contributed by atoms with Gasteiger partial charge in [-0.15, -0.1) is 0 Å². The average molecular weight is 374 g/mol. The summed E-state index contributed by atoms with van der Waals surface area (Å²) in [6.07, 6.45) is 6.38. The van der Waals surface area contributed by atoms with Crippen LogP contribution in [0.4, 0.5) is 0 Å². The third kappa shape index (κ3) is 2.33. The van der Waals surface area contributed by atoms with Crippen LogP contribution in [0.3, 0.4) is 0 Å². The smallest absolute Gasteiger partial charge is 0.293 e. The van der Waals surface area contributed by atoms with E-state index in [-0.39, 0.29) is 5.69 Å². The van der Waals surface area contributed by atoms with Gasteiger partial charge in [-0.3, -0.25) is 14.1 Å². The minimum atomic E-state index is 0.0776. The highest BCUT2D eigenvalue weighted by atomic mass is 79.9. The Labute approximate surface area is 143 Å². The second kappa shape index (κ2) is 5.48. The minimum absolute atomic E-state index is 0.0776. The Kier molecular flexibility index (Phi) is 3.56. The predicted octanol–water partition coefficient (Wildman–Crippen LogP) is 4.40. The molecule has 1 fully saturated rings. The topological polar surface area (TPSA) is 39.8 Å². The number of fused-ring (bicyclic) bond motifs is 3. The van der Waals surface area contributed by atoms with E-state index in [1.54, 1.807) is 4.57 Å². The lowest BCUT2D eigenvalue weighted by atomic mass is 9.87. The third-order valence-electron chi connectivity index (χ3n) is 5.23. The zero-order valence-electron chi connectivity index (χ0n) is 13.4. The number of nitrogens with zero attached hydrogens (tertiary/aromatic N) is 3. The molecule has 1 aliphatic carbocycles. The summed E-state index contributed by atoms with van der Waals surface area (Å²) in [6, 6.07) is 6.37. The fourth-order valence-corrected chi connectivity index (χ4v) is 4.20. The van der Waals surface area contributed by atoms with Crippen molar-refractivity contribution in [3.8, 4) is 0 Å². The van der Waals surface area contributed by atoms with E-state index in [1.807, 2.05) is 29.9 Å². The van der Waals surface area contributed by atoms with Crippen LogP contribution < -0.4 is 5.69 Å². The predicted molar refractivity (Wildman–Crippen MR) is 96.8 cm³/mol. The molecule has 0 spiro atoms. The monoisotopic (exact) mass is 373 g/mol. The van der Waals surface area contributed by atoms with Crippen molar-refractivity contribution in [3.63, 3.8) is 0 Å². The van der Waals surface area contributed by atoms with E-state index >= 15 is 0 Å². The molecule has 4 nitrogen and oxygen atoms in total. The number of benzene rings is 1. The van der Waals surface area contributed by atoms with E-state index in [1.165, 1.54) is 12.8 Å². The highest BCUT2D eigenvalue weighted by molar-refractivity contribution is 9.10. The minimum Gasteiger partial charge on any atom is -0.293 e. The van der Waals surface area contributed by atoms with Gasteiger partial charge >= 0.3 is 5.69 Å². The average Bonchev–Trinajstić information content (AvgIpc) is 2.80. The van der Waals surface area contributed by atoms with E-state index in [0.717, 1.165) is 45.2 Å². The first kappa shape index (κ1) is 14.9. The molecule has 0 bridgehead atoms. The Morgan fingerprint density at radius 1 is 1.22 bits per heavy atom. The summed E-state index contributed by atoms with van der Waals surface area (Å²) in [5.41, 5.74) is 2.96. The summed E-state index contributed by atoms with van der Waals surface area (Å²) in [5.74, 6) is 0.768. The molecule has 120 valence electrons. The maximum Gasteiger partial charge on any atom is 0.329 e. The number of halogens is 1. The molecular formula is C18H20BrN3O. The summed E-state index contributed by atoms with van der Waals surface area (Å²) in [4.78, 5) is 17.4. The van der Waals surface area contributed by atoms with E-state index in [4.69, 9.17) is 0 Å². The number of hydrogen-bond donors (Lipinski definition) is 0. The first-order chi connectivity index (χ1) is 11.1. The maximum absolute atomic E-state index is 12.9. The van der Waals surface area contributed by atoms with E-state index in [0.29, 0.717) is 6.04 Å². The summed E-state index contributed by atoms with van der Waals surface area (Å²) in [7, 11) is 1.85. The SMILES string of the molecule is CC1CCC(n2c(=O)n(C)c3cnc4ccc(Br)cc4c32)CC1. The van der Waals surface area contributed by atoms with Gasteiger partial charge in [0.1, 0.15) is 0 Å². The van der Waals surface area contributed by atoms with Crippen molar-refractivity contribution in [2.45, 2.75) is 38.6 Å². The fraction of sp³-hybridized carbons (Fsp3) is 0.444. The molecular weight excluding hydrogens is 354 g/mol. The largest absolute Gasteiger partial charge is 0.329 e. The Balaban J connectivity index is 2.04. The fourth-order valence-electron chi connectivity index (χ4n) is 3.84. The molecule has 0 unspecified atom stereocenters. The summed E-state index contributed by atoms with van der Waals surface area (Å²) in [5, 5.41) is 1.05. The number of hydrogen-bond acceptors (Lipinski definition) is 2. The quantitative estimate of drug-likeness (QED) is 0.633. The Bertz CT molecular complexity index is 948. The lowest BCUT2D eigenvalue weighted by Crippen LogP contribution is -2.28. The van der Waals surface area contributed by atoms with E-state index < -0.39 is 0 Å². The molecule has 23 heavy (non-hydrogen) atoms. The molecule has 1 aliphatic rings. The van der Waals surface area contributed by atoms with Gasteiger partial charge in [0, 0.05) is 22.9 Å². The van der Waals surface area contributed by atoms with Crippen molar-refractivity contribution in [1.29, 1.82) is 0 Å². The number of rotatable bonds is 1. The van der Waals surface area contributed by atoms with Crippen molar-refractivity contribution >= 4 is 37.9 Å². The lowest BCUT2D eigenvalue weighted by molar-refractivity contribution is 0.289. The number of aromatic nitrogens is 3. The van der Waals surface area contributed by atoms with Crippen LogP contribution >= 0.6 is 15.9 Å². The van der Waals surface area contributed by atoms with Crippen molar-refractivity contribution in [2.24, 2.45) is 13.0 Å². The van der Waals surface area contributed by atoms with Crippen LogP contribution in [0, 0.1) is 5.92 Å². The lowest BCUT2D eigenvalue weighted by Gasteiger charge is -2.27. The Hall–Kier alpha value is -1.62. The van der Waals surface area contributed by atoms with Crippen LogP contribution in [0.15, 0.2) is 33.7 Å². The molecule has 1 aromatic carbocycles. The molecule has 2 heterocycles. The maximum atomic E-state index is 12.9. The highest BCUT2D eigenvalue weighted by Gasteiger charge is 2.25. The van der Waals surface area contributed by atoms with E-state index in [9.17, 15) is 4.79 Å². The van der Waals surface area contributed by atoms with Crippen LogP contribution in [0.1, 0.15) is 38.6 Å². The Morgan fingerprint density at radius 3 is 2.70 bits per heavy atom. The van der Waals surface area contributed by atoms with Gasteiger partial charge < -0.3 is 0 Å². The standard InChI is InChI=1S/C18H20BrN3O/c1-11-3-6-13(7-4-11)22-17-14-9-12(19)5-8-15(14)20-10-16(17)21(2)18(22)23/h5,8-11,13H,3-4,6-7H2,1-2H3. The number of pyridine rings is 1. The molecule has 2 aromatic heterocycles. The second-order valence-corrected chi connectivity index (χ2v) is 7.69. The molecule has 0 aliphatic heterocycles. The Morgan fingerprint density at radius 2 is 1.96 bits per heavy atom. The molecule has 4 rings (SSSR count). The summed E-state index contributed by atoms with van der Waals surface area (Å²) < 4.78 is 4.78. The van der Waals surface area contributed by atoms with Crippen LogP contribution in [0.5, 0.6) is 0 Å². The zero-order chi connectivity index (χ0) is 16.1. The normalized spacial score (nSPS) is 22.0. The molecule has 0 atom stereocenters. The van der Waals surface area contributed by atoms with Gasteiger partial charge in [0.2, 0.25) is 0 Å². The van der Waals surface area contributed by atoms with Crippen molar-refractivity contribution in [2.75, 3.05) is 0 Å². The zero-order valence-corrected chi connectivity index (χ0v) is 15.0. The first-order valence-corrected chi connectivity index (χ1v) is 9.00. The molecule has 0 radical (unpaired) electrons. The van der Waals surface area contributed by atoms with Gasteiger partial charge in [-0.25, -0.2) is 4.79 Å². The second-order valence-electron chi connectivity index (χ2n) is 6.78. The van der Waals surface area contributed by atoms with Gasteiger partial charge in [-0.2, -0.15) is 0 Å². The highest BCUT2D eigenvalue weighted by Crippen LogP contribution is 2.35.